The highest BCUT2D eigenvalue weighted by molar-refractivity contribution is 7.90. The smallest absolute Gasteiger partial charge is 0.257 e. The van der Waals surface area contributed by atoms with Crippen molar-refractivity contribution in [3.63, 3.8) is 0 Å². The van der Waals surface area contributed by atoms with Crippen LogP contribution in [0.4, 0.5) is 0 Å². The third-order valence-corrected chi connectivity index (χ3v) is 4.25. The second-order valence-electron chi connectivity index (χ2n) is 5.09. The van der Waals surface area contributed by atoms with E-state index < -0.39 is 15.9 Å². The Balaban J connectivity index is 1.99. The molecule has 0 atom stereocenters. The molecule has 0 saturated heterocycles. The molecule has 6 nitrogen and oxygen atoms in total. The third-order valence-electron chi connectivity index (χ3n) is 2.63. The molecule has 114 valence electrons. The molecule has 0 fully saturated rings. The van der Waals surface area contributed by atoms with Crippen LogP contribution in [0, 0.1) is 5.92 Å². The molecule has 0 radical (unpaired) electrons. The molecule has 0 bridgehead atoms. The third kappa shape index (κ3) is 4.49. The first kappa shape index (κ1) is 15.4. The Morgan fingerprint density at radius 2 is 2.05 bits per heavy atom. The summed E-state index contributed by atoms with van der Waals surface area (Å²) in [5, 5.41) is 0. The molecule has 0 aliphatic carbocycles. The summed E-state index contributed by atoms with van der Waals surface area (Å²) in [6, 6.07) is 5.20. The van der Waals surface area contributed by atoms with Crippen LogP contribution in [0.2, 0.25) is 0 Å². The molecular formula is C14H17NO5S. The lowest BCUT2D eigenvalue weighted by Gasteiger charge is -2.06. The summed E-state index contributed by atoms with van der Waals surface area (Å²) in [5.41, 5.74) is 0.718. The molecule has 7 heteroatoms. The molecule has 0 saturated carbocycles. The van der Waals surface area contributed by atoms with Gasteiger partial charge in [0.05, 0.1) is 5.75 Å². The van der Waals surface area contributed by atoms with Crippen LogP contribution < -0.4 is 14.2 Å². The van der Waals surface area contributed by atoms with Crippen LogP contribution in [0.15, 0.2) is 24.3 Å². The number of benzene rings is 1. The zero-order valence-corrected chi connectivity index (χ0v) is 12.6. The number of carbonyl (C=O) groups is 1. The Morgan fingerprint density at radius 3 is 2.76 bits per heavy atom. The topological polar surface area (TPSA) is 81.7 Å². The van der Waals surface area contributed by atoms with Gasteiger partial charge < -0.3 is 9.47 Å². The first-order valence-corrected chi connectivity index (χ1v) is 8.13. The van der Waals surface area contributed by atoms with E-state index in [4.69, 9.17) is 9.47 Å². The van der Waals surface area contributed by atoms with Crippen LogP contribution >= 0.6 is 0 Å². The number of rotatable bonds is 5. The lowest BCUT2D eigenvalue weighted by molar-refractivity contribution is -0.114. The molecule has 1 N–H and O–H groups in total. The Morgan fingerprint density at radius 1 is 1.33 bits per heavy atom. The molecule has 0 unspecified atom stereocenters. The van der Waals surface area contributed by atoms with Crippen molar-refractivity contribution in [3.05, 3.63) is 29.8 Å². The van der Waals surface area contributed by atoms with Crippen LogP contribution in [-0.2, 0) is 14.8 Å². The van der Waals surface area contributed by atoms with Crippen LogP contribution in [0.5, 0.6) is 11.5 Å². The van der Waals surface area contributed by atoms with E-state index in [1.807, 2.05) is 4.72 Å². The number of ether oxygens (including phenoxy) is 2. The summed E-state index contributed by atoms with van der Waals surface area (Å²) >= 11 is 0. The normalized spacial score (nSPS) is 13.9. The van der Waals surface area contributed by atoms with Gasteiger partial charge in [0.1, 0.15) is 0 Å². The highest BCUT2D eigenvalue weighted by Crippen LogP contribution is 2.32. The van der Waals surface area contributed by atoms with E-state index in [-0.39, 0.29) is 18.5 Å². The molecular weight excluding hydrogens is 294 g/mol. The van der Waals surface area contributed by atoms with Gasteiger partial charge in [0.25, 0.3) is 5.91 Å². The molecule has 1 aromatic rings. The van der Waals surface area contributed by atoms with Crippen molar-refractivity contribution in [2.24, 2.45) is 5.92 Å². The van der Waals surface area contributed by atoms with Gasteiger partial charge in [-0.1, -0.05) is 19.9 Å². The van der Waals surface area contributed by atoms with Gasteiger partial charge in [0, 0.05) is 6.08 Å². The molecule has 1 aliphatic rings. The van der Waals surface area contributed by atoms with E-state index in [0.29, 0.717) is 11.5 Å². The Bertz CT molecular complexity index is 664. The fraction of sp³-hybridized carbons (Fsp3) is 0.357. The lowest BCUT2D eigenvalue weighted by Crippen LogP contribution is -2.32. The van der Waals surface area contributed by atoms with Gasteiger partial charge in [0.15, 0.2) is 11.5 Å². The van der Waals surface area contributed by atoms with Crippen LogP contribution in [0.1, 0.15) is 19.4 Å². The number of amides is 1. The average Bonchev–Trinajstić information content (AvgIpc) is 2.81. The Labute approximate surface area is 123 Å². The predicted molar refractivity (Wildman–Crippen MR) is 78.4 cm³/mol. The number of fused-ring (bicyclic) bond motifs is 1. The lowest BCUT2D eigenvalue weighted by atomic mass is 10.2. The minimum atomic E-state index is -3.59. The summed E-state index contributed by atoms with van der Waals surface area (Å²) < 4.78 is 35.6. The zero-order chi connectivity index (χ0) is 15.5. The monoisotopic (exact) mass is 311 g/mol. The average molecular weight is 311 g/mol. The van der Waals surface area contributed by atoms with Crippen molar-refractivity contribution in [1.82, 2.24) is 4.72 Å². The summed E-state index contributed by atoms with van der Waals surface area (Å²) in [7, 11) is -3.59. The van der Waals surface area contributed by atoms with E-state index in [0.717, 1.165) is 5.56 Å². The molecule has 0 spiro atoms. The van der Waals surface area contributed by atoms with E-state index in [1.165, 1.54) is 12.2 Å². The van der Waals surface area contributed by atoms with Crippen molar-refractivity contribution in [1.29, 1.82) is 0 Å². The SMILES string of the molecule is CC(C)CS(=O)(=O)NC(=O)C=Cc1ccc2c(c1)OCO2. The van der Waals surface area contributed by atoms with E-state index in [2.05, 4.69) is 0 Å². The largest absolute Gasteiger partial charge is 0.454 e. The number of sulfonamides is 1. The van der Waals surface area contributed by atoms with E-state index >= 15 is 0 Å². The summed E-state index contributed by atoms with van der Waals surface area (Å²) in [6.07, 6.45) is 2.69. The van der Waals surface area contributed by atoms with E-state index in [1.54, 1.807) is 32.0 Å². The first-order chi connectivity index (χ1) is 9.85. The number of hydrogen-bond acceptors (Lipinski definition) is 5. The molecule has 1 amide bonds. The van der Waals surface area contributed by atoms with Gasteiger partial charge >= 0.3 is 0 Å². The van der Waals surface area contributed by atoms with Gasteiger partial charge in [-0.3, -0.25) is 4.79 Å². The maximum absolute atomic E-state index is 11.6. The quantitative estimate of drug-likeness (QED) is 0.834. The molecule has 1 aromatic carbocycles. The summed E-state index contributed by atoms with van der Waals surface area (Å²) in [4.78, 5) is 11.6. The first-order valence-electron chi connectivity index (χ1n) is 6.48. The number of hydrogen-bond donors (Lipinski definition) is 1. The molecule has 21 heavy (non-hydrogen) atoms. The minimum absolute atomic E-state index is 0.0480. The fourth-order valence-corrected chi connectivity index (χ4v) is 3.19. The van der Waals surface area contributed by atoms with Crippen LogP contribution in [0.25, 0.3) is 6.08 Å². The predicted octanol–water partition coefficient (Wildman–Crippen LogP) is 1.53. The molecule has 1 heterocycles. The molecule has 2 rings (SSSR count). The summed E-state index contributed by atoms with van der Waals surface area (Å²) in [5.74, 6) is 0.443. The molecule has 0 aromatic heterocycles. The van der Waals surface area contributed by atoms with Crippen molar-refractivity contribution in [2.45, 2.75) is 13.8 Å². The van der Waals surface area contributed by atoms with E-state index in [9.17, 15) is 13.2 Å². The Hall–Kier alpha value is -2.02. The van der Waals surface area contributed by atoms with Gasteiger partial charge in [-0.05, 0) is 29.7 Å². The maximum atomic E-state index is 11.6. The maximum Gasteiger partial charge on any atom is 0.257 e. The van der Waals surface area contributed by atoms with Gasteiger partial charge in [0.2, 0.25) is 16.8 Å². The van der Waals surface area contributed by atoms with Gasteiger partial charge in [-0.25, -0.2) is 13.1 Å². The van der Waals surface area contributed by atoms with Gasteiger partial charge in [-0.15, -0.1) is 0 Å². The fourth-order valence-electron chi connectivity index (χ4n) is 1.86. The van der Waals surface area contributed by atoms with Crippen LogP contribution in [-0.4, -0.2) is 26.9 Å². The Kier molecular flexibility index (Phi) is 4.52. The number of nitrogens with one attached hydrogen (secondary N) is 1. The zero-order valence-electron chi connectivity index (χ0n) is 11.8. The highest BCUT2D eigenvalue weighted by Gasteiger charge is 2.15. The summed E-state index contributed by atoms with van der Waals surface area (Å²) in [6.45, 7) is 3.72. The second kappa shape index (κ2) is 6.17. The van der Waals surface area contributed by atoms with Crippen molar-refractivity contribution >= 4 is 22.0 Å². The highest BCUT2D eigenvalue weighted by atomic mass is 32.2. The van der Waals surface area contributed by atoms with Gasteiger partial charge in [-0.2, -0.15) is 0 Å². The standard InChI is InChI=1S/C14H17NO5S/c1-10(2)8-21(17,18)15-14(16)6-4-11-3-5-12-13(7-11)20-9-19-12/h3-7,10H,8-9H2,1-2H3,(H,15,16). The van der Waals surface area contributed by atoms with Crippen molar-refractivity contribution in [2.75, 3.05) is 12.5 Å². The second-order valence-corrected chi connectivity index (χ2v) is 6.85. The molecule has 1 aliphatic heterocycles. The van der Waals surface area contributed by atoms with Crippen molar-refractivity contribution in [3.8, 4) is 11.5 Å². The number of carbonyl (C=O) groups excluding carboxylic acids is 1. The minimum Gasteiger partial charge on any atom is -0.454 e. The van der Waals surface area contributed by atoms with Crippen LogP contribution in [0.3, 0.4) is 0 Å². The van der Waals surface area contributed by atoms with Crippen molar-refractivity contribution < 1.29 is 22.7 Å².